The highest BCUT2D eigenvalue weighted by Gasteiger charge is 2.40. The molecule has 0 unspecified atom stereocenters. The minimum absolute atomic E-state index is 0.00695. The topological polar surface area (TPSA) is 70.1 Å². The summed E-state index contributed by atoms with van der Waals surface area (Å²) in [6.07, 6.45) is 1.97. The van der Waals surface area contributed by atoms with Gasteiger partial charge in [-0.1, -0.05) is 0 Å². The lowest BCUT2D eigenvalue weighted by atomic mass is 10.0. The van der Waals surface area contributed by atoms with Crippen molar-refractivity contribution in [2.45, 2.75) is 44.7 Å². The van der Waals surface area contributed by atoms with Crippen LogP contribution in [0, 0.1) is 0 Å². The van der Waals surface area contributed by atoms with Crippen molar-refractivity contribution in [1.82, 2.24) is 9.80 Å². The lowest BCUT2D eigenvalue weighted by Gasteiger charge is -2.44. The number of rotatable bonds is 4. The molecule has 108 valence electrons. The highest BCUT2D eigenvalue weighted by molar-refractivity contribution is 5.77. The number of hydrogen-bond donors (Lipinski definition) is 1. The average molecular weight is 270 g/mol. The van der Waals surface area contributed by atoms with E-state index in [4.69, 9.17) is 9.84 Å². The number of carbonyl (C=O) groups excluding carboxylic acids is 1. The van der Waals surface area contributed by atoms with Crippen molar-refractivity contribution < 1.29 is 19.4 Å². The summed E-state index contributed by atoms with van der Waals surface area (Å²) in [6, 6.07) is 0.183. The fourth-order valence-electron chi connectivity index (χ4n) is 2.40. The predicted molar refractivity (Wildman–Crippen MR) is 69.0 cm³/mol. The molecule has 6 nitrogen and oxygen atoms in total. The van der Waals surface area contributed by atoms with E-state index in [1.807, 2.05) is 18.7 Å². The van der Waals surface area contributed by atoms with Gasteiger partial charge >= 0.3 is 12.0 Å². The molecule has 6 heteroatoms. The maximum Gasteiger partial charge on any atom is 0.320 e. The predicted octanol–water partition coefficient (Wildman–Crippen LogP) is 1.16. The Balaban J connectivity index is 2.03. The van der Waals surface area contributed by atoms with Crippen molar-refractivity contribution >= 4 is 12.0 Å². The van der Waals surface area contributed by atoms with Crippen LogP contribution in [0.1, 0.15) is 33.1 Å². The van der Waals surface area contributed by atoms with Gasteiger partial charge in [0.15, 0.2) is 0 Å². The fourth-order valence-corrected chi connectivity index (χ4v) is 2.40. The maximum absolute atomic E-state index is 12.6. The average Bonchev–Trinajstić information content (AvgIpc) is 3.12. The summed E-state index contributed by atoms with van der Waals surface area (Å²) in [6.45, 7) is 5.90. The molecule has 0 atom stereocenters. The first-order chi connectivity index (χ1) is 8.92. The smallest absolute Gasteiger partial charge is 0.320 e. The molecule has 2 rings (SSSR count). The second-order valence-corrected chi connectivity index (χ2v) is 5.87. The third-order valence-corrected chi connectivity index (χ3v) is 3.68. The fraction of sp³-hybridized carbons (Fsp3) is 0.846. The number of amides is 2. The molecule has 1 N–H and O–H groups in total. The number of carbonyl (C=O) groups is 2. The highest BCUT2D eigenvalue weighted by Crippen LogP contribution is 2.30. The van der Waals surface area contributed by atoms with Crippen LogP contribution in [-0.2, 0) is 9.53 Å². The number of carboxylic acids is 1. The molecule has 2 fully saturated rings. The number of morpholine rings is 1. The summed E-state index contributed by atoms with van der Waals surface area (Å²) in [5, 5.41) is 8.79. The summed E-state index contributed by atoms with van der Waals surface area (Å²) in [5.74, 6) is -0.861. The lowest BCUT2D eigenvalue weighted by Crippen LogP contribution is -2.59. The summed E-state index contributed by atoms with van der Waals surface area (Å²) in [4.78, 5) is 26.9. The van der Waals surface area contributed by atoms with E-state index in [2.05, 4.69) is 0 Å². The minimum Gasteiger partial charge on any atom is -0.481 e. The van der Waals surface area contributed by atoms with Crippen LogP contribution in [0.15, 0.2) is 0 Å². The molecule has 0 aromatic rings. The molecule has 0 aromatic heterocycles. The molecule has 1 saturated carbocycles. The Morgan fingerprint density at radius 3 is 2.63 bits per heavy atom. The van der Waals surface area contributed by atoms with E-state index in [0.717, 1.165) is 12.8 Å². The highest BCUT2D eigenvalue weighted by atomic mass is 16.5. The van der Waals surface area contributed by atoms with Crippen molar-refractivity contribution in [1.29, 1.82) is 0 Å². The van der Waals surface area contributed by atoms with E-state index in [-0.39, 0.29) is 24.0 Å². The first kappa shape index (κ1) is 14.1. The molecule has 1 aliphatic heterocycles. The van der Waals surface area contributed by atoms with Crippen molar-refractivity contribution in [2.24, 2.45) is 0 Å². The van der Waals surface area contributed by atoms with Crippen molar-refractivity contribution in [3.8, 4) is 0 Å². The standard InChI is InChI=1S/C13H22N2O4/c1-13(2)9-19-8-7-15(13)12(18)14(10-3-4-10)6-5-11(16)17/h10H,3-9H2,1-2H3,(H,16,17). The SMILES string of the molecule is CC1(C)COCCN1C(=O)N(CCC(=O)O)C1CC1. The zero-order valence-corrected chi connectivity index (χ0v) is 11.6. The van der Waals surface area contributed by atoms with Gasteiger partial charge in [0.1, 0.15) is 0 Å². The normalized spacial score (nSPS) is 22.1. The van der Waals surface area contributed by atoms with Gasteiger partial charge in [0.05, 0.1) is 25.2 Å². The number of nitrogens with zero attached hydrogens (tertiary/aromatic N) is 2. The van der Waals surface area contributed by atoms with Crippen LogP contribution in [0.5, 0.6) is 0 Å². The van der Waals surface area contributed by atoms with Gasteiger partial charge in [0.2, 0.25) is 0 Å². The Kier molecular flexibility index (Phi) is 3.99. The molecular weight excluding hydrogens is 248 g/mol. The number of carboxylic acid groups (broad SMARTS) is 1. The van der Waals surface area contributed by atoms with E-state index >= 15 is 0 Å². The third-order valence-electron chi connectivity index (χ3n) is 3.68. The molecule has 0 bridgehead atoms. The van der Waals surface area contributed by atoms with Gasteiger partial charge < -0.3 is 19.6 Å². The Bertz CT molecular complexity index is 366. The summed E-state index contributed by atoms with van der Waals surface area (Å²) < 4.78 is 5.41. The number of urea groups is 1. The molecule has 2 amide bonds. The van der Waals surface area contributed by atoms with Crippen molar-refractivity contribution in [3.05, 3.63) is 0 Å². The van der Waals surface area contributed by atoms with Crippen LogP contribution in [0.4, 0.5) is 4.79 Å². The Morgan fingerprint density at radius 1 is 1.42 bits per heavy atom. The summed E-state index contributed by atoms with van der Waals surface area (Å²) >= 11 is 0. The first-order valence-electron chi connectivity index (χ1n) is 6.79. The molecule has 1 saturated heterocycles. The van der Waals surface area contributed by atoms with Crippen LogP contribution in [0.3, 0.4) is 0 Å². The molecule has 19 heavy (non-hydrogen) atoms. The number of hydrogen-bond acceptors (Lipinski definition) is 3. The zero-order valence-electron chi connectivity index (χ0n) is 11.6. The van der Waals surface area contributed by atoms with Crippen LogP contribution in [0.2, 0.25) is 0 Å². The van der Waals surface area contributed by atoms with Gasteiger partial charge in [-0.2, -0.15) is 0 Å². The van der Waals surface area contributed by atoms with Gasteiger partial charge in [0.25, 0.3) is 0 Å². The van der Waals surface area contributed by atoms with Gasteiger partial charge in [-0.05, 0) is 26.7 Å². The summed E-state index contributed by atoms with van der Waals surface area (Å²) in [5.41, 5.74) is -0.328. The third kappa shape index (κ3) is 3.37. The monoisotopic (exact) mass is 270 g/mol. The Morgan fingerprint density at radius 2 is 2.11 bits per heavy atom. The quantitative estimate of drug-likeness (QED) is 0.832. The molecular formula is C13H22N2O4. The van der Waals surface area contributed by atoms with Gasteiger partial charge in [-0.25, -0.2) is 4.79 Å². The van der Waals surface area contributed by atoms with Crippen LogP contribution in [-0.4, -0.2) is 64.8 Å². The van der Waals surface area contributed by atoms with E-state index in [9.17, 15) is 9.59 Å². The van der Waals surface area contributed by atoms with Gasteiger partial charge in [-0.3, -0.25) is 4.79 Å². The van der Waals surface area contributed by atoms with E-state index in [1.54, 1.807) is 4.90 Å². The van der Waals surface area contributed by atoms with Crippen LogP contribution >= 0.6 is 0 Å². The van der Waals surface area contributed by atoms with E-state index in [1.165, 1.54) is 0 Å². The molecule has 0 radical (unpaired) electrons. The van der Waals surface area contributed by atoms with Crippen molar-refractivity contribution in [2.75, 3.05) is 26.3 Å². The molecule has 0 spiro atoms. The zero-order chi connectivity index (χ0) is 14.0. The van der Waals surface area contributed by atoms with E-state index in [0.29, 0.717) is 26.3 Å². The molecule has 1 heterocycles. The first-order valence-corrected chi connectivity index (χ1v) is 6.79. The maximum atomic E-state index is 12.6. The molecule has 0 aromatic carbocycles. The van der Waals surface area contributed by atoms with E-state index < -0.39 is 5.97 Å². The minimum atomic E-state index is -0.861. The van der Waals surface area contributed by atoms with Crippen LogP contribution < -0.4 is 0 Å². The second-order valence-electron chi connectivity index (χ2n) is 5.87. The Labute approximate surface area is 113 Å². The van der Waals surface area contributed by atoms with Crippen LogP contribution in [0.25, 0.3) is 0 Å². The molecule has 1 aliphatic carbocycles. The lowest BCUT2D eigenvalue weighted by molar-refractivity contribution is -0.137. The molecule has 2 aliphatic rings. The number of ether oxygens (including phenoxy) is 1. The van der Waals surface area contributed by atoms with Gasteiger partial charge in [-0.15, -0.1) is 0 Å². The largest absolute Gasteiger partial charge is 0.481 e. The number of aliphatic carboxylic acids is 1. The van der Waals surface area contributed by atoms with Crippen molar-refractivity contribution in [3.63, 3.8) is 0 Å². The Hall–Kier alpha value is -1.30. The second kappa shape index (κ2) is 5.36. The summed E-state index contributed by atoms with van der Waals surface area (Å²) in [7, 11) is 0. The van der Waals surface area contributed by atoms with Gasteiger partial charge in [0, 0.05) is 19.1 Å².